The molecule has 13 heavy (non-hydrogen) atoms. The molecule has 0 aromatic carbocycles. The lowest BCUT2D eigenvalue weighted by atomic mass is 10.0. The molecule has 0 radical (unpaired) electrons. The molecule has 1 unspecified atom stereocenters. The molecular formula is C10H20N2O. The molecule has 2 atom stereocenters. The van der Waals surface area contributed by atoms with E-state index in [0.29, 0.717) is 6.04 Å². The van der Waals surface area contributed by atoms with Gasteiger partial charge in [0.1, 0.15) is 0 Å². The summed E-state index contributed by atoms with van der Waals surface area (Å²) in [5.74, 6) is 0.759. The summed E-state index contributed by atoms with van der Waals surface area (Å²) < 4.78 is 5.44. The minimum Gasteiger partial charge on any atom is -0.381 e. The van der Waals surface area contributed by atoms with Crippen LogP contribution in [0.4, 0.5) is 0 Å². The molecule has 0 spiro atoms. The van der Waals surface area contributed by atoms with Crippen molar-refractivity contribution in [2.24, 2.45) is 5.92 Å². The topological polar surface area (TPSA) is 33.3 Å². The van der Waals surface area contributed by atoms with Gasteiger partial charge in [-0.2, -0.15) is 0 Å². The van der Waals surface area contributed by atoms with Gasteiger partial charge in [0.15, 0.2) is 0 Å². The van der Waals surface area contributed by atoms with E-state index in [1.165, 1.54) is 25.8 Å². The van der Waals surface area contributed by atoms with Gasteiger partial charge in [0, 0.05) is 25.7 Å². The minimum atomic E-state index is 0.710. The van der Waals surface area contributed by atoms with Gasteiger partial charge in [-0.3, -0.25) is 0 Å². The van der Waals surface area contributed by atoms with Gasteiger partial charge in [0.25, 0.3) is 0 Å². The zero-order valence-electron chi connectivity index (χ0n) is 8.22. The van der Waals surface area contributed by atoms with Crippen LogP contribution in [-0.2, 0) is 4.74 Å². The fourth-order valence-electron chi connectivity index (χ4n) is 2.13. The highest BCUT2D eigenvalue weighted by atomic mass is 16.5. The fraction of sp³-hybridized carbons (Fsp3) is 1.00. The van der Waals surface area contributed by atoms with Crippen LogP contribution in [0.25, 0.3) is 0 Å². The monoisotopic (exact) mass is 184 g/mol. The Morgan fingerprint density at radius 3 is 3.08 bits per heavy atom. The highest BCUT2D eigenvalue weighted by molar-refractivity contribution is 4.78. The molecule has 2 saturated heterocycles. The molecular weight excluding hydrogens is 164 g/mol. The van der Waals surface area contributed by atoms with Gasteiger partial charge in [0.2, 0.25) is 0 Å². The summed E-state index contributed by atoms with van der Waals surface area (Å²) in [5.41, 5.74) is 0. The van der Waals surface area contributed by atoms with Crippen molar-refractivity contribution in [3.8, 4) is 0 Å². The third kappa shape index (κ3) is 2.93. The van der Waals surface area contributed by atoms with Gasteiger partial charge < -0.3 is 15.4 Å². The Bertz CT molecular complexity index is 140. The molecule has 0 aromatic heterocycles. The summed E-state index contributed by atoms with van der Waals surface area (Å²) in [6.07, 6.45) is 3.87. The van der Waals surface area contributed by atoms with Gasteiger partial charge in [-0.25, -0.2) is 0 Å². The van der Waals surface area contributed by atoms with Crippen LogP contribution in [0.5, 0.6) is 0 Å². The SMILES string of the molecule is C1COCC(CN[C@H]2CCNC2)C1. The van der Waals surface area contributed by atoms with E-state index in [9.17, 15) is 0 Å². The normalized spacial score (nSPS) is 35.1. The maximum atomic E-state index is 5.44. The lowest BCUT2D eigenvalue weighted by Crippen LogP contribution is -2.37. The number of hydrogen-bond donors (Lipinski definition) is 2. The van der Waals surface area contributed by atoms with Crippen LogP contribution >= 0.6 is 0 Å². The molecule has 0 aromatic rings. The van der Waals surface area contributed by atoms with Crippen molar-refractivity contribution in [3.05, 3.63) is 0 Å². The molecule has 2 heterocycles. The highest BCUT2D eigenvalue weighted by Gasteiger charge is 2.17. The predicted octanol–water partition coefficient (Wildman–Crippen LogP) is 0.364. The third-order valence-electron chi connectivity index (χ3n) is 3.01. The summed E-state index contributed by atoms with van der Waals surface area (Å²) in [5, 5.41) is 6.98. The molecule has 3 heteroatoms. The Labute approximate surface area is 80.2 Å². The molecule has 0 bridgehead atoms. The first-order chi connectivity index (χ1) is 6.45. The highest BCUT2D eigenvalue weighted by Crippen LogP contribution is 2.12. The molecule has 2 N–H and O–H groups in total. The Morgan fingerprint density at radius 1 is 1.38 bits per heavy atom. The second kappa shape index (κ2) is 4.94. The van der Waals surface area contributed by atoms with E-state index in [2.05, 4.69) is 10.6 Å². The van der Waals surface area contributed by atoms with Gasteiger partial charge in [-0.15, -0.1) is 0 Å². The standard InChI is InChI=1S/C10H20N2O/c1-2-9(8-13-5-1)6-12-10-3-4-11-7-10/h9-12H,1-8H2/t9?,10-/m0/s1. The van der Waals surface area contributed by atoms with Crippen molar-refractivity contribution in [2.45, 2.75) is 25.3 Å². The average Bonchev–Trinajstić information content (AvgIpc) is 2.69. The summed E-state index contributed by atoms with van der Waals surface area (Å²) in [7, 11) is 0. The number of rotatable bonds is 3. The summed E-state index contributed by atoms with van der Waals surface area (Å²) >= 11 is 0. The molecule has 2 rings (SSSR count). The van der Waals surface area contributed by atoms with Crippen LogP contribution in [0.15, 0.2) is 0 Å². The van der Waals surface area contributed by atoms with Crippen LogP contribution in [0.2, 0.25) is 0 Å². The van der Waals surface area contributed by atoms with Gasteiger partial charge in [-0.1, -0.05) is 0 Å². The molecule has 2 aliphatic heterocycles. The lowest BCUT2D eigenvalue weighted by molar-refractivity contribution is 0.0540. The zero-order valence-corrected chi connectivity index (χ0v) is 8.22. The summed E-state index contributed by atoms with van der Waals surface area (Å²) in [4.78, 5) is 0. The third-order valence-corrected chi connectivity index (χ3v) is 3.01. The molecule has 76 valence electrons. The second-order valence-corrected chi connectivity index (χ2v) is 4.18. The first-order valence-corrected chi connectivity index (χ1v) is 5.47. The minimum absolute atomic E-state index is 0.710. The molecule has 3 nitrogen and oxygen atoms in total. The summed E-state index contributed by atoms with van der Waals surface area (Å²) in [6, 6.07) is 0.710. The second-order valence-electron chi connectivity index (χ2n) is 4.18. The predicted molar refractivity (Wildman–Crippen MR) is 52.8 cm³/mol. The Morgan fingerprint density at radius 2 is 2.38 bits per heavy atom. The van der Waals surface area contributed by atoms with Crippen molar-refractivity contribution in [1.29, 1.82) is 0 Å². The van der Waals surface area contributed by atoms with Crippen molar-refractivity contribution in [3.63, 3.8) is 0 Å². The van der Waals surface area contributed by atoms with E-state index in [1.807, 2.05) is 0 Å². The first-order valence-electron chi connectivity index (χ1n) is 5.47. The first kappa shape index (κ1) is 9.44. The van der Waals surface area contributed by atoms with Crippen molar-refractivity contribution in [1.82, 2.24) is 10.6 Å². The van der Waals surface area contributed by atoms with Crippen LogP contribution < -0.4 is 10.6 Å². The lowest BCUT2D eigenvalue weighted by Gasteiger charge is -2.23. The van der Waals surface area contributed by atoms with E-state index in [4.69, 9.17) is 4.74 Å². The van der Waals surface area contributed by atoms with E-state index >= 15 is 0 Å². The Kier molecular flexibility index (Phi) is 3.58. The van der Waals surface area contributed by atoms with Crippen molar-refractivity contribution >= 4 is 0 Å². The quantitative estimate of drug-likeness (QED) is 0.664. The molecule has 2 aliphatic rings. The Hall–Kier alpha value is -0.120. The molecule has 0 saturated carbocycles. The summed E-state index contributed by atoms with van der Waals surface area (Å²) in [6.45, 7) is 5.41. The van der Waals surface area contributed by atoms with E-state index in [1.54, 1.807) is 0 Å². The van der Waals surface area contributed by atoms with Crippen LogP contribution in [-0.4, -0.2) is 38.9 Å². The average molecular weight is 184 g/mol. The molecule has 0 amide bonds. The van der Waals surface area contributed by atoms with Crippen molar-refractivity contribution in [2.75, 3.05) is 32.8 Å². The fourth-order valence-corrected chi connectivity index (χ4v) is 2.13. The van der Waals surface area contributed by atoms with Gasteiger partial charge >= 0.3 is 0 Å². The number of ether oxygens (including phenoxy) is 1. The van der Waals surface area contributed by atoms with Crippen LogP contribution in [0.1, 0.15) is 19.3 Å². The Balaban J connectivity index is 1.60. The number of nitrogens with one attached hydrogen (secondary N) is 2. The van der Waals surface area contributed by atoms with Crippen LogP contribution in [0.3, 0.4) is 0 Å². The van der Waals surface area contributed by atoms with E-state index < -0.39 is 0 Å². The van der Waals surface area contributed by atoms with Crippen molar-refractivity contribution < 1.29 is 4.74 Å². The maximum Gasteiger partial charge on any atom is 0.0506 e. The number of hydrogen-bond acceptors (Lipinski definition) is 3. The smallest absolute Gasteiger partial charge is 0.0506 e. The van der Waals surface area contributed by atoms with Crippen LogP contribution in [0, 0.1) is 5.92 Å². The zero-order chi connectivity index (χ0) is 8.93. The van der Waals surface area contributed by atoms with Gasteiger partial charge in [-0.05, 0) is 31.7 Å². The molecule has 2 fully saturated rings. The molecule has 0 aliphatic carbocycles. The maximum absolute atomic E-state index is 5.44. The van der Waals surface area contributed by atoms with E-state index in [-0.39, 0.29) is 0 Å². The largest absolute Gasteiger partial charge is 0.381 e. The van der Waals surface area contributed by atoms with E-state index in [0.717, 1.165) is 32.2 Å². The van der Waals surface area contributed by atoms with Gasteiger partial charge in [0.05, 0.1) is 6.61 Å².